The van der Waals surface area contributed by atoms with E-state index < -0.39 is 11.9 Å². The SMILES string of the molecule is CCOC(=O)/C(C#N)=C\C=C1/C=CN(CC(N)=O)c2ccccc21. The van der Waals surface area contributed by atoms with Gasteiger partial charge in [0.25, 0.3) is 0 Å². The molecule has 1 aromatic rings. The molecule has 0 unspecified atom stereocenters. The first-order valence-corrected chi connectivity index (χ1v) is 7.38. The highest BCUT2D eigenvalue weighted by atomic mass is 16.5. The number of primary amides is 1. The molecule has 0 saturated carbocycles. The molecule has 0 bridgehead atoms. The zero-order valence-corrected chi connectivity index (χ0v) is 13.2. The molecule has 1 heterocycles. The van der Waals surface area contributed by atoms with Crippen molar-refractivity contribution >= 4 is 23.1 Å². The number of hydrogen-bond donors (Lipinski definition) is 1. The first-order valence-electron chi connectivity index (χ1n) is 7.38. The molecule has 0 spiro atoms. The summed E-state index contributed by atoms with van der Waals surface area (Å²) in [6.07, 6.45) is 6.63. The zero-order valence-electron chi connectivity index (χ0n) is 13.2. The predicted octanol–water partition coefficient (Wildman–Crippen LogP) is 1.90. The van der Waals surface area contributed by atoms with Gasteiger partial charge in [0.15, 0.2) is 0 Å². The van der Waals surface area contributed by atoms with Gasteiger partial charge < -0.3 is 15.4 Å². The second-order valence-corrected chi connectivity index (χ2v) is 4.96. The topological polar surface area (TPSA) is 96.4 Å². The van der Waals surface area contributed by atoms with Crippen molar-refractivity contribution in [3.63, 3.8) is 0 Å². The zero-order chi connectivity index (χ0) is 17.5. The minimum Gasteiger partial charge on any atom is -0.462 e. The number of allylic oxidation sites excluding steroid dienone is 4. The molecule has 0 fully saturated rings. The lowest BCUT2D eigenvalue weighted by Crippen LogP contribution is -2.31. The van der Waals surface area contributed by atoms with Gasteiger partial charge in [0.1, 0.15) is 18.2 Å². The number of anilines is 1. The van der Waals surface area contributed by atoms with Crippen LogP contribution < -0.4 is 10.6 Å². The van der Waals surface area contributed by atoms with Crippen molar-refractivity contribution in [2.24, 2.45) is 5.73 Å². The molecule has 24 heavy (non-hydrogen) atoms. The fraction of sp³-hybridized carbons (Fsp3) is 0.167. The summed E-state index contributed by atoms with van der Waals surface area (Å²) in [5.74, 6) is -1.09. The van der Waals surface area contributed by atoms with E-state index in [4.69, 9.17) is 15.7 Å². The summed E-state index contributed by atoms with van der Waals surface area (Å²) in [5, 5.41) is 9.06. The van der Waals surface area contributed by atoms with Gasteiger partial charge in [0, 0.05) is 17.5 Å². The minimum atomic E-state index is -0.653. The maximum Gasteiger partial charge on any atom is 0.348 e. The third-order valence-electron chi connectivity index (χ3n) is 3.33. The third-order valence-corrected chi connectivity index (χ3v) is 3.33. The number of hydrogen-bond acceptors (Lipinski definition) is 5. The van der Waals surface area contributed by atoms with E-state index in [1.54, 1.807) is 30.2 Å². The van der Waals surface area contributed by atoms with Gasteiger partial charge in [-0.05, 0) is 30.7 Å². The average molecular weight is 323 g/mol. The van der Waals surface area contributed by atoms with Crippen LogP contribution in [0.5, 0.6) is 0 Å². The Morgan fingerprint density at radius 3 is 2.79 bits per heavy atom. The van der Waals surface area contributed by atoms with E-state index in [0.717, 1.165) is 16.8 Å². The number of nitriles is 1. The second-order valence-electron chi connectivity index (χ2n) is 4.96. The molecule has 0 aromatic heterocycles. The lowest BCUT2D eigenvalue weighted by atomic mass is 9.99. The summed E-state index contributed by atoms with van der Waals surface area (Å²) in [5.41, 5.74) is 7.70. The number of carbonyl (C=O) groups is 2. The van der Waals surface area contributed by atoms with Crippen LogP contribution in [0.4, 0.5) is 5.69 Å². The summed E-state index contributed by atoms with van der Waals surface area (Å²) in [6, 6.07) is 9.32. The van der Waals surface area contributed by atoms with Gasteiger partial charge in [-0.2, -0.15) is 5.26 Å². The van der Waals surface area contributed by atoms with Gasteiger partial charge in [-0.25, -0.2) is 4.79 Å². The van der Waals surface area contributed by atoms with Crippen LogP contribution in [0.3, 0.4) is 0 Å². The summed E-state index contributed by atoms with van der Waals surface area (Å²) < 4.78 is 4.83. The Labute approximate surface area is 140 Å². The maximum absolute atomic E-state index is 11.6. The number of fused-ring (bicyclic) bond motifs is 1. The van der Waals surface area contributed by atoms with Crippen molar-refractivity contribution in [3.8, 4) is 6.07 Å². The van der Waals surface area contributed by atoms with Gasteiger partial charge >= 0.3 is 5.97 Å². The molecule has 2 N–H and O–H groups in total. The lowest BCUT2D eigenvalue weighted by Gasteiger charge is -2.26. The van der Waals surface area contributed by atoms with Crippen molar-refractivity contribution < 1.29 is 14.3 Å². The number of esters is 1. The Morgan fingerprint density at radius 1 is 1.38 bits per heavy atom. The molecule has 1 amide bonds. The van der Waals surface area contributed by atoms with Crippen molar-refractivity contribution in [2.75, 3.05) is 18.1 Å². The van der Waals surface area contributed by atoms with Crippen molar-refractivity contribution in [2.45, 2.75) is 6.92 Å². The molecular weight excluding hydrogens is 306 g/mol. The quantitative estimate of drug-likeness (QED) is 0.507. The van der Waals surface area contributed by atoms with Crippen molar-refractivity contribution in [1.82, 2.24) is 0 Å². The van der Waals surface area contributed by atoms with E-state index in [-0.39, 0.29) is 18.7 Å². The highest BCUT2D eigenvalue weighted by Crippen LogP contribution is 2.32. The molecule has 0 radical (unpaired) electrons. The summed E-state index contributed by atoms with van der Waals surface area (Å²) in [4.78, 5) is 24.6. The number of ether oxygens (including phenoxy) is 1. The molecule has 0 atom stereocenters. The first kappa shape index (κ1) is 17.0. The number of nitrogens with zero attached hydrogens (tertiary/aromatic N) is 2. The fourth-order valence-corrected chi connectivity index (χ4v) is 2.29. The van der Waals surface area contributed by atoms with E-state index in [1.165, 1.54) is 6.08 Å². The number of para-hydroxylation sites is 1. The number of nitrogens with two attached hydrogens (primary N) is 1. The normalized spacial score (nSPS) is 14.9. The first-order chi connectivity index (χ1) is 11.6. The van der Waals surface area contributed by atoms with Crippen LogP contribution in [0.25, 0.3) is 5.57 Å². The third kappa shape index (κ3) is 3.90. The van der Waals surface area contributed by atoms with Crippen LogP contribution in [0, 0.1) is 11.3 Å². The van der Waals surface area contributed by atoms with Crippen molar-refractivity contribution in [3.05, 3.63) is 59.8 Å². The van der Waals surface area contributed by atoms with Gasteiger partial charge in [0.2, 0.25) is 5.91 Å². The Morgan fingerprint density at radius 2 is 2.12 bits per heavy atom. The van der Waals surface area contributed by atoms with Gasteiger partial charge in [0.05, 0.1) is 6.61 Å². The Balaban J connectivity index is 2.37. The number of rotatable bonds is 5. The van der Waals surface area contributed by atoms with E-state index in [0.29, 0.717) is 0 Å². The second kappa shape index (κ2) is 7.79. The van der Waals surface area contributed by atoms with Crippen LogP contribution in [0.2, 0.25) is 0 Å². The van der Waals surface area contributed by atoms with E-state index in [1.807, 2.05) is 30.3 Å². The monoisotopic (exact) mass is 323 g/mol. The van der Waals surface area contributed by atoms with Crippen LogP contribution in [0.15, 0.2) is 54.3 Å². The Hall–Kier alpha value is -3.33. The molecule has 1 aliphatic heterocycles. The van der Waals surface area contributed by atoms with Crippen LogP contribution in [0.1, 0.15) is 12.5 Å². The summed E-state index contributed by atoms with van der Waals surface area (Å²) >= 11 is 0. The number of benzene rings is 1. The Kier molecular flexibility index (Phi) is 5.53. The average Bonchev–Trinajstić information content (AvgIpc) is 2.57. The standard InChI is InChI=1S/C18H17N3O3/c1-2-24-18(23)14(11-19)8-7-13-9-10-21(12-17(20)22)16-6-4-3-5-15(13)16/h3-10H,2,12H2,1H3,(H2,20,22)/b13-7+,14-8-. The maximum atomic E-state index is 11.6. The highest BCUT2D eigenvalue weighted by Gasteiger charge is 2.17. The molecule has 6 nitrogen and oxygen atoms in total. The summed E-state index contributed by atoms with van der Waals surface area (Å²) in [6.45, 7) is 1.96. The van der Waals surface area contributed by atoms with Crippen LogP contribution in [-0.2, 0) is 14.3 Å². The fourth-order valence-electron chi connectivity index (χ4n) is 2.29. The largest absolute Gasteiger partial charge is 0.462 e. The molecule has 1 aromatic carbocycles. The van der Waals surface area contributed by atoms with E-state index in [9.17, 15) is 9.59 Å². The molecule has 122 valence electrons. The van der Waals surface area contributed by atoms with Crippen LogP contribution >= 0.6 is 0 Å². The van der Waals surface area contributed by atoms with E-state index in [2.05, 4.69) is 0 Å². The van der Waals surface area contributed by atoms with Crippen molar-refractivity contribution in [1.29, 1.82) is 5.26 Å². The predicted molar refractivity (Wildman–Crippen MR) is 90.4 cm³/mol. The molecule has 6 heteroatoms. The lowest BCUT2D eigenvalue weighted by molar-refractivity contribution is -0.138. The smallest absolute Gasteiger partial charge is 0.348 e. The minimum absolute atomic E-state index is 0.0723. The van der Waals surface area contributed by atoms with Crippen LogP contribution in [-0.4, -0.2) is 25.0 Å². The molecule has 0 saturated heterocycles. The molecule has 2 rings (SSSR count). The number of carbonyl (C=O) groups excluding carboxylic acids is 2. The molecule has 1 aliphatic rings. The molecular formula is C18H17N3O3. The van der Waals surface area contributed by atoms with Gasteiger partial charge in [-0.15, -0.1) is 0 Å². The summed E-state index contributed by atoms with van der Waals surface area (Å²) in [7, 11) is 0. The number of amides is 1. The Bertz CT molecular complexity index is 785. The van der Waals surface area contributed by atoms with Gasteiger partial charge in [-0.3, -0.25) is 4.79 Å². The van der Waals surface area contributed by atoms with Gasteiger partial charge in [-0.1, -0.05) is 24.3 Å². The van der Waals surface area contributed by atoms with E-state index >= 15 is 0 Å². The highest BCUT2D eigenvalue weighted by molar-refractivity contribution is 5.94. The molecule has 0 aliphatic carbocycles.